The summed E-state index contributed by atoms with van der Waals surface area (Å²) in [5.41, 5.74) is 0. The summed E-state index contributed by atoms with van der Waals surface area (Å²) in [7, 11) is 0. The molecule has 0 aromatic heterocycles. The number of aliphatic carboxylic acids is 1. The van der Waals surface area contributed by atoms with Crippen LogP contribution in [-0.2, 0) is 4.79 Å². The van der Waals surface area contributed by atoms with Gasteiger partial charge in [0.2, 0.25) is 0 Å². The van der Waals surface area contributed by atoms with E-state index in [1.54, 1.807) is 0 Å². The van der Waals surface area contributed by atoms with Gasteiger partial charge in [0.05, 0.1) is 0 Å². The Balaban J connectivity index is 3.64. The minimum atomic E-state index is -0.765. The Morgan fingerprint density at radius 2 is 1.72 bits per heavy atom. The fourth-order valence-electron chi connectivity index (χ4n) is 1.37. The van der Waals surface area contributed by atoms with Crippen LogP contribution in [0.15, 0.2) is 0 Å². The van der Waals surface area contributed by atoms with Gasteiger partial charge in [0.25, 0.3) is 0 Å². The Labute approximate surface area is 109 Å². The number of urea groups is 1. The summed E-state index contributed by atoms with van der Waals surface area (Å²) in [4.78, 5) is 21.9. The molecule has 2 atom stereocenters. The van der Waals surface area contributed by atoms with Gasteiger partial charge in [-0.1, -0.05) is 20.8 Å². The number of hydrogen-bond donors (Lipinski definition) is 3. The van der Waals surface area contributed by atoms with Crippen molar-refractivity contribution in [2.24, 2.45) is 11.8 Å². The minimum absolute atomic E-state index is 0.148. The summed E-state index contributed by atoms with van der Waals surface area (Å²) in [6.45, 7) is 8.66. The van der Waals surface area contributed by atoms with E-state index in [2.05, 4.69) is 24.5 Å². The average Bonchev–Trinajstić information content (AvgIpc) is 2.26. The first-order chi connectivity index (χ1) is 8.32. The highest BCUT2D eigenvalue weighted by atomic mass is 16.4. The van der Waals surface area contributed by atoms with Crippen LogP contribution in [0.4, 0.5) is 4.79 Å². The predicted molar refractivity (Wildman–Crippen MR) is 71.5 cm³/mol. The molecule has 0 aromatic carbocycles. The van der Waals surface area contributed by atoms with E-state index in [0.717, 1.165) is 6.42 Å². The summed E-state index contributed by atoms with van der Waals surface area (Å²) in [5.74, 6) is -0.0486. The highest BCUT2D eigenvalue weighted by Crippen LogP contribution is 2.09. The first kappa shape index (κ1) is 16.7. The Hall–Kier alpha value is -1.26. The van der Waals surface area contributed by atoms with E-state index < -0.39 is 5.97 Å². The minimum Gasteiger partial charge on any atom is -0.481 e. The van der Waals surface area contributed by atoms with E-state index in [1.807, 2.05) is 13.8 Å². The number of carboxylic acids is 1. The summed E-state index contributed by atoms with van der Waals surface area (Å²) in [6, 6.07) is -0.00364. The van der Waals surface area contributed by atoms with Crippen molar-refractivity contribution in [3.8, 4) is 0 Å². The Morgan fingerprint density at radius 1 is 1.11 bits per heavy atom. The smallest absolute Gasteiger partial charge is 0.315 e. The molecule has 5 heteroatoms. The van der Waals surface area contributed by atoms with Gasteiger partial charge in [0.15, 0.2) is 0 Å². The van der Waals surface area contributed by atoms with Crippen LogP contribution in [0, 0.1) is 11.8 Å². The lowest BCUT2D eigenvalue weighted by Gasteiger charge is -2.18. The van der Waals surface area contributed by atoms with E-state index in [9.17, 15) is 9.59 Å². The maximum atomic E-state index is 11.5. The zero-order valence-electron chi connectivity index (χ0n) is 11.8. The molecule has 0 bridgehead atoms. The molecule has 0 rings (SSSR count). The van der Waals surface area contributed by atoms with Gasteiger partial charge in [-0.2, -0.15) is 0 Å². The van der Waals surface area contributed by atoms with E-state index >= 15 is 0 Å². The molecule has 0 aliphatic heterocycles. The second-order valence-electron chi connectivity index (χ2n) is 5.26. The highest BCUT2D eigenvalue weighted by Gasteiger charge is 2.10. The molecule has 3 N–H and O–H groups in total. The molecule has 0 aromatic rings. The second kappa shape index (κ2) is 8.78. The molecule has 0 saturated carbocycles. The maximum Gasteiger partial charge on any atom is 0.315 e. The summed E-state index contributed by atoms with van der Waals surface area (Å²) in [5, 5.41) is 14.2. The number of rotatable bonds is 8. The molecule has 18 heavy (non-hydrogen) atoms. The van der Waals surface area contributed by atoms with Crippen LogP contribution in [0.2, 0.25) is 0 Å². The monoisotopic (exact) mass is 258 g/mol. The quantitative estimate of drug-likeness (QED) is 0.624. The number of carbonyl (C=O) groups excluding carboxylic acids is 1. The van der Waals surface area contributed by atoms with Gasteiger partial charge in [-0.25, -0.2) is 4.79 Å². The number of nitrogens with one attached hydrogen (secondary N) is 2. The molecule has 0 aliphatic rings. The van der Waals surface area contributed by atoms with Crippen LogP contribution >= 0.6 is 0 Å². The van der Waals surface area contributed by atoms with E-state index in [0.29, 0.717) is 24.8 Å². The van der Waals surface area contributed by atoms with Crippen molar-refractivity contribution in [1.29, 1.82) is 0 Å². The summed E-state index contributed by atoms with van der Waals surface area (Å²) in [6.07, 6.45) is 1.65. The lowest BCUT2D eigenvalue weighted by atomic mass is 10.0. The molecule has 0 radical (unpaired) electrons. The first-order valence-corrected chi connectivity index (χ1v) is 6.59. The summed E-state index contributed by atoms with van der Waals surface area (Å²) < 4.78 is 0. The SMILES string of the molecule is CC(CCNC(=O)NC(C)C(C)C)CCC(=O)O. The molecule has 0 aliphatic carbocycles. The van der Waals surface area contributed by atoms with Crippen LogP contribution in [0.3, 0.4) is 0 Å². The average molecular weight is 258 g/mol. The third kappa shape index (κ3) is 8.84. The Bertz CT molecular complexity index is 267. The van der Waals surface area contributed by atoms with Crippen molar-refractivity contribution < 1.29 is 14.7 Å². The third-order valence-electron chi connectivity index (χ3n) is 3.13. The number of amides is 2. The maximum absolute atomic E-state index is 11.5. The molecule has 0 spiro atoms. The Kier molecular flexibility index (Phi) is 8.16. The van der Waals surface area contributed by atoms with Crippen LogP contribution in [0.25, 0.3) is 0 Å². The van der Waals surface area contributed by atoms with Gasteiger partial charge >= 0.3 is 12.0 Å². The van der Waals surface area contributed by atoms with Gasteiger partial charge in [-0.05, 0) is 31.6 Å². The topological polar surface area (TPSA) is 78.4 Å². The van der Waals surface area contributed by atoms with E-state index in [-0.39, 0.29) is 18.5 Å². The van der Waals surface area contributed by atoms with Gasteiger partial charge in [-0.3, -0.25) is 4.79 Å². The first-order valence-electron chi connectivity index (χ1n) is 6.59. The predicted octanol–water partition coefficient (Wildman–Crippen LogP) is 2.22. The molecule has 0 heterocycles. The number of carboxylic acid groups (broad SMARTS) is 1. The van der Waals surface area contributed by atoms with Crippen molar-refractivity contribution in [3.63, 3.8) is 0 Å². The molecule has 2 amide bonds. The third-order valence-corrected chi connectivity index (χ3v) is 3.13. The van der Waals surface area contributed by atoms with Crippen molar-refractivity contribution in [1.82, 2.24) is 10.6 Å². The molecular formula is C13H26N2O3. The van der Waals surface area contributed by atoms with E-state index in [1.165, 1.54) is 0 Å². The van der Waals surface area contributed by atoms with Crippen LogP contribution < -0.4 is 10.6 Å². The number of hydrogen-bond acceptors (Lipinski definition) is 2. The van der Waals surface area contributed by atoms with Crippen molar-refractivity contribution in [2.45, 2.75) is 53.0 Å². The molecule has 0 fully saturated rings. The van der Waals surface area contributed by atoms with Crippen molar-refractivity contribution in [3.05, 3.63) is 0 Å². The van der Waals surface area contributed by atoms with Crippen LogP contribution in [0.1, 0.15) is 47.0 Å². The molecule has 2 unspecified atom stereocenters. The fraction of sp³-hybridized carbons (Fsp3) is 0.846. The van der Waals surface area contributed by atoms with Crippen molar-refractivity contribution >= 4 is 12.0 Å². The fourth-order valence-corrected chi connectivity index (χ4v) is 1.37. The highest BCUT2D eigenvalue weighted by molar-refractivity contribution is 5.74. The van der Waals surface area contributed by atoms with Crippen LogP contribution in [0.5, 0.6) is 0 Å². The van der Waals surface area contributed by atoms with Gasteiger partial charge in [0.1, 0.15) is 0 Å². The molecule has 106 valence electrons. The lowest BCUT2D eigenvalue weighted by Crippen LogP contribution is -2.43. The number of carbonyl (C=O) groups is 2. The van der Waals surface area contributed by atoms with Crippen molar-refractivity contribution in [2.75, 3.05) is 6.54 Å². The Morgan fingerprint density at radius 3 is 2.22 bits per heavy atom. The van der Waals surface area contributed by atoms with Crippen LogP contribution in [-0.4, -0.2) is 29.7 Å². The zero-order valence-corrected chi connectivity index (χ0v) is 11.8. The molecule has 0 saturated heterocycles. The van der Waals surface area contributed by atoms with Gasteiger partial charge in [0, 0.05) is 19.0 Å². The zero-order chi connectivity index (χ0) is 14.1. The normalized spacial score (nSPS) is 14.1. The lowest BCUT2D eigenvalue weighted by molar-refractivity contribution is -0.137. The molecular weight excluding hydrogens is 232 g/mol. The second-order valence-corrected chi connectivity index (χ2v) is 5.26. The standard InChI is InChI=1S/C13H26N2O3/c1-9(2)11(4)15-13(18)14-8-7-10(3)5-6-12(16)17/h9-11H,5-8H2,1-4H3,(H,16,17)(H2,14,15,18). The van der Waals surface area contributed by atoms with Gasteiger partial charge in [-0.15, -0.1) is 0 Å². The van der Waals surface area contributed by atoms with Gasteiger partial charge < -0.3 is 15.7 Å². The van der Waals surface area contributed by atoms with E-state index in [4.69, 9.17) is 5.11 Å². The molecule has 5 nitrogen and oxygen atoms in total. The summed E-state index contributed by atoms with van der Waals surface area (Å²) >= 11 is 0. The largest absolute Gasteiger partial charge is 0.481 e.